The first-order valence-electron chi connectivity index (χ1n) is 8.87. The van der Waals surface area contributed by atoms with Gasteiger partial charge in [-0.1, -0.05) is 26.7 Å². The highest BCUT2D eigenvalue weighted by Gasteiger charge is 2.20. The monoisotopic (exact) mass is 395 g/mol. The number of Topliss-reactive ketones (excluding diaryl/α,β-unsaturated/α-hetero) is 1. The van der Waals surface area contributed by atoms with Crippen LogP contribution >= 0.6 is 22.7 Å². The summed E-state index contributed by atoms with van der Waals surface area (Å²) in [5, 5.41) is 12.0. The van der Waals surface area contributed by atoms with Gasteiger partial charge in [0, 0.05) is 29.3 Å². The third-order valence-corrected chi connectivity index (χ3v) is 5.85. The Morgan fingerprint density at radius 2 is 1.88 bits per heavy atom. The first kappa shape index (κ1) is 20.7. The Morgan fingerprint density at radius 1 is 1.15 bits per heavy atom. The van der Waals surface area contributed by atoms with E-state index in [9.17, 15) is 9.59 Å². The van der Waals surface area contributed by atoms with Crippen molar-refractivity contribution in [3.8, 4) is 10.0 Å². The van der Waals surface area contributed by atoms with Gasteiger partial charge < -0.3 is 0 Å². The highest BCUT2D eigenvalue weighted by molar-refractivity contribution is 7.20. The molecule has 2 rings (SSSR count). The van der Waals surface area contributed by atoms with Crippen LogP contribution in [0.2, 0.25) is 0 Å². The van der Waals surface area contributed by atoms with Crippen LogP contribution < -0.4 is 5.48 Å². The van der Waals surface area contributed by atoms with Crippen molar-refractivity contribution in [1.82, 2.24) is 15.4 Å². The van der Waals surface area contributed by atoms with E-state index < -0.39 is 0 Å². The van der Waals surface area contributed by atoms with Gasteiger partial charge in [0.15, 0.2) is 15.8 Å². The highest BCUT2D eigenvalue weighted by atomic mass is 32.1. The third kappa shape index (κ3) is 6.26. The molecule has 1 amide bonds. The standard InChI is InChI=1S/C18H25N3O3S2/c1-12(2)11-14-16(20-18(26-14)17-19-9-10-25-17)13(22)7-5-3-4-6-8-15(23)21-24/h9-10,12,24H,3-8,11H2,1-2H3,(H,21,23). The molecule has 0 radical (unpaired) electrons. The number of hydroxylamine groups is 1. The van der Waals surface area contributed by atoms with E-state index >= 15 is 0 Å². The molecule has 26 heavy (non-hydrogen) atoms. The van der Waals surface area contributed by atoms with Crippen LogP contribution in [0.5, 0.6) is 0 Å². The molecule has 2 aromatic rings. The van der Waals surface area contributed by atoms with Crippen LogP contribution in [0.15, 0.2) is 11.6 Å². The second kappa shape index (κ2) is 10.5. The first-order valence-corrected chi connectivity index (χ1v) is 10.6. The van der Waals surface area contributed by atoms with E-state index in [2.05, 4.69) is 23.8 Å². The molecular weight excluding hydrogens is 370 g/mol. The molecule has 0 aromatic carbocycles. The number of nitrogens with zero attached hydrogens (tertiary/aromatic N) is 2. The summed E-state index contributed by atoms with van der Waals surface area (Å²) in [6.45, 7) is 4.28. The Morgan fingerprint density at radius 3 is 2.50 bits per heavy atom. The number of rotatable bonds is 11. The minimum absolute atomic E-state index is 0.0906. The van der Waals surface area contributed by atoms with Crippen molar-refractivity contribution in [3.63, 3.8) is 0 Å². The third-order valence-electron chi connectivity index (χ3n) is 3.85. The fourth-order valence-electron chi connectivity index (χ4n) is 2.60. The molecule has 2 N–H and O–H groups in total. The number of nitrogens with one attached hydrogen (secondary N) is 1. The lowest BCUT2D eigenvalue weighted by Gasteiger charge is -2.04. The maximum Gasteiger partial charge on any atom is 0.243 e. The van der Waals surface area contributed by atoms with Gasteiger partial charge in [-0.3, -0.25) is 14.8 Å². The lowest BCUT2D eigenvalue weighted by molar-refractivity contribution is -0.129. The summed E-state index contributed by atoms with van der Waals surface area (Å²) < 4.78 is 0. The molecule has 0 aliphatic heterocycles. The quantitative estimate of drug-likeness (QED) is 0.253. The summed E-state index contributed by atoms with van der Waals surface area (Å²) in [5.74, 6) is 0.188. The molecular formula is C18H25N3O3S2. The Balaban J connectivity index is 1.91. The van der Waals surface area contributed by atoms with Gasteiger partial charge >= 0.3 is 0 Å². The SMILES string of the molecule is CC(C)Cc1sc(-c2nccs2)nc1C(=O)CCCCCCC(=O)NO. The number of hydrogen-bond donors (Lipinski definition) is 2. The van der Waals surface area contributed by atoms with Crippen molar-refractivity contribution in [3.05, 3.63) is 22.1 Å². The fraction of sp³-hybridized carbons (Fsp3) is 0.556. The normalized spacial score (nSPS) is 11.1. The van der Waals surface area contributed by atoms with Gasteiger partial charge in [0.25, 0.3) is 0 Å². The zero-order valence-electron chi connectivity index (χ0n) is 15.2. The zero-order valence-corrected chi connectivity index (χ0v) is 16.8. The van der Waals surface area contributed by atoms with E-state index in [4.69, 9.17) is 5.21 Å². The summed E-state index contributed by atoms with van der Waals surface area (Å²) in [6.07, 6.45) is 6.62. The van der Waals surface area contributed by atoms with Crippen LogP contribution in [-0.2, 0) is 11.2 Å². The van der Waals surface area contributed by atoms with Gasteiger partial charge in [0.2, 0.25) is 5.91 Å². The Kier molecular flexibility index (Phi) is 8.34. The first-order chi connectivity index (χ1) is 12.5. The molecule has 2 aromatic heterocycles. The van der Waals surface area contributed by atoms with Crippen LogP contribution in [-0.4, -0.2) is 26.9 Å². The molecule has 6 nitrogen and oxygen atoms in total. The summed E-state index contributed by atoms with van der Waals surface area (Å²) in [4.78, 5) is 33.5. The molecule has 8 heteroatoms. The van der Waals surface area contributed by atoms with E-state index in [0.29, 0.717) is 30.9 Å². The van der Waals surface area contributed by atoms with Gasteiger partial charge in [-0.25, -0.2) is 15.4 Å². The molecule has 0 bridgehead atoms. The molecule has 0 spiro atoms. The molecule has 0 atom stereocenters. The second-order valence-corrected chi connectivity index (χ2v) is 8.58. The Hall–Kier alpha value is -1.64. The highest BCUT2D eigenvalue weighted by Crippen LogP contribution is 2.31. The van der Waals surface area contributed by atoms with E-state index in [1.807, 2.05) is 5.38 Å². The smallest absolute Gasteiger partial charge is 0.243 e. The van der Waals surface area contributed by atoms with Gasteiger partial charge in [0.1, 0.15) is 5.69 Å². The average Bonchev–Trinajstić information content (AvgIpc) is 3.26. The minimum Gasteiger partial charge on any atom is -0.292 e. The predicted octanol–water partition coefficient (Wildman–Crippen LogP) is 4.49. The summed E-state index contributed by atoms with van der Waals surface area (Å²) in [6, 6.07) is 0. The van der Waals surface area contributed by atoms with E-state index in [-0.39, 0.29) is 11.7 Å². The van der Waals surface area contributed by atoms with Crippen LogP contribution in [0.3, 0.4) is 0 Å². The molecule has 0 aliphatic carbocycles. The van der Waals surface area contributed by atoms with Crippen LogP contribution in [0.1, 0.15) is 67.7 Å². The van der Waals surface area contributed by atoms with E-state index in [0.717, 1.165) is 40.6 Å². The number of aromatic nitrogens is 2. The summed E-state index contributed by atoms with van der Waals surface area (Å²) >= 11 is 3.11. The average molecular weight is 396 g/mol. The Labute approximate surface area is 161 Å². The van der Waals surface area contributed by atoms with Gasteiger partial charge in [-0.15, -0.1) is 22.7 Å². The van der Waals surface area contributed by atoms with Gasteiger partial charge in [0.05, 0.1) is 0 Å². The molecule has 0 saturated carbocycles. The number of thiazole rings is 2. The van der Waals surface area contributed by atoms with Crippen LogP contribution in [0.25, 0.3) is 10.0 Å². The van der Waals surface area contributed by atoms with Crippen molar-refractivity contribution in [1.29, 1.82) is 0 Å². The van der Waals surface area contributed by atoms with Crippen molar-refractivity contribution < 1.29 is 14.8 Å². The van der Waals surface area contributed by atoms with Crippen molar-refractivity contribution in [2.45, 2.75) is 58.8 Å². The number of hydrogen-bond acceptors (Lipinski definition) is 7. The fourth-order valence-corrected chi connectivity index (χ4v) is 4.57. The predicted molar refractivity (Wildman–Crippen MR) is 104 cm³/mol. The number of ketones is 1. The van der Waals surface area contributed by atoms with Crippen molar-refractivity contribution in [2.24, 2.45) is 5.92 Å². The zero-order chi connectivity index (χ0) is 18.9. The molecule has 0 fully saturated rings. The molecule has 0 unspecified atom stereocenters. The van der Waals surface area contributed by atoms with Crippen molar-refractivity contribution in [2.75, 3.05) is 0 Å². The maximum absolute atomic E-state index is 12.6. The summed E-state index contributed by atoms with van der Waals surface area (Å²) in [5.41, 5.74) is 2.23. The van der Waals surface area contributed by atoms with E-state index in [1.165, 1.54) is 11.3 Å². The number of carbonyl (C=O) groups excluding carboxylic acids is 2. The lowest BCUT2D eigenvalue weighted by atomic mass is 10.0. The molecule has 2 heterocycles. The summed E-state index contributed by atoms with van der Waals surface area (Å²) in [7, 11) is 0. The second-order valence-electron chi connectivity index (χ2n) is 6.60. The maximum atomic E-state index is 12.6. The van der Waals surface area contributed by atoms with Crippen LogP contribution in [0.4, 0.5) is 0 Å². The Bertz CT molecular complexity index is 711. The van der Waals surface area contributed by atoms with Crippen LogP contribution in [0, 0.1) is 5.92 Å². The number of amides is 1. The lowest BCUT2D eigenvalue weighted by Crippen LogP contribution is -2.17. The van der Waals surface area contributed by atoms with Gasteiger partial charge in [-0.2, -0.15) is 0 Å². The largest absolute Gasteiger partial charge is 0.292 e. The number of carbonyl (C=O) groups is 2. The van der Waals surface area contributed by atoms with Gasteiger partial charge in [-0.05, 0) is 25.2 Å². The van der Waals surface area contributed by atoms with Crippen molar-refractivity contribution >= 4 is 34.4 Å². The van der Waals surface area contributed by atoms with E-state index in [1.54, 1.807) is 23.0 Å². The topological polar surface area (TPSA) is 92.2 Å². The molecule has 142 valence electrons. The molecule has 0 aliphatic rings. The molecule has 0 saturated heterocycles. The number of unbranched alkanes of at least 4 members (excludes halogenated alkanes) is 3. The minimum atomic E-state index is -0.364.